The molecule has 23 heavy (non-hydrogen) atoms. The first-order valence-corrected chi connectivity index (χ1v) is 7.36. The zero-order valence-electron chi connectivity index (χ0n) is 13.2. The van der Waals surface area contributed by atoms with E-state index in [1.165, 1.54) is 6.07 Å². The van der Waals surface area contributed by atoms with E-state index in [2.05, 4.69) is 10.6 Å². The molecule has 2 amide bonds. The third-order valence-corrected chi connectivity index (χ3v) is 3.44. The van der Waals surface area contributed by atoms with Gasteiger partial charge in [-0.3, -0.25) is 9.59 Å². The zero-order chi connectivity index (χ0) is 16.8. The number of amides is 2. The van der Waals surface area contributed by atoms with Gasteiger partial charge in [0.15, 0.2) is 0 Å². The largest absolute Gasteiger partial charge is 0.350 e. The maximum absolute atomic E-state index is 13.4. The van der Waals surface area contributed by atoms with Crippen LogP contribution in [0.15, 0.2) is 42.5 Å². The van der Waals surface area contributed by atoms with E-state index in [9.17, 15) is 14.0 Å². The standard InChI is InChI=1S/C18H19FN2O2/c1-12-3-6-14(7-4-12)17(22)20-9-10-21-18(23)15-8-5-13(2)16(19)11-15/h3-8,11H,9-10H2,1-2H3,(H,20,22)(H,21,23). The fraction of sp³-hybridized carbons (Fsp3) is 0.222. The van der Waals surface area contributed by atoms with E-state index in [1.807, 2.05) is 19.1 Å². The number of halogens is 1. The van der Waals surface area contributed by atoms with E-state index in [0.29, 0.717) is 17.7 Å². The molecule has 120 valence electrons. The van der Waals surface area contributed by atoms with Crippen LogP contribution in [-0.2, 0) is 0 Å². The van der Waals surface area contributed by atoms with Crippen LogP contribution in [0.4, 0.5) is 4.39 Å². The van der Waals surface area contributed by atoms with Gasteiger partial charge in [0, 0.05) is 24.2 Å². The van der Waals surface area contributed by atoms with E-state index < -0.39 is 5.82 Å². The van der Waals surface area contributed by atoms with Gasteiger partial charge in [0.2, 0.25) is 0 Å². The number of carbonyl (C=O) groups excluding carboxylic acids is 2. The average Bonchev–Trinajstić information content (AvgIpc) is 2.54. The summed E-state index contributed by atoms with van der Waals surface area (Å²) in [7, 11) is 0. The summed E-state index contributed by atoms with van der Waals surface area (Å²) in [5.74, 6) is -0.973. The lowest BCUT2D eigenvalue weighted by molar-refractivity contribution is 0.0927. The Kier molecular flexibility index (Phi) is 5.46. The van der Waals surface area contributed by atoms with E-state index >= 15 is 0 Å². The van der Waals surface area contributed by atoms with Gasteiger partial charge in [-0.15, -0.1) is 0 Å². The topological polar surface area (TPSA) is 58.2 Å². The van der Waals surface area contributed by atoms with Gasteiger partial charge < -0.3 is 10.6 Å². The molecular weight excluding hydrogens is 295 g/mol. The molecule has 0 radical (unpaired) electrons. The highest BCUT2D eigenvalue weighted by Crippen LogP contribution is 2.08. The smallest absolute Gasteiger partial charge is 0.251 e. The molecule has 2 N–H and O–H groups in total. The second-order valence-electron chi connectivity index (χ2n) is 5.34. The minimum absolute atomic E-state index is 0.194. The minimum atomic E-state index is -0.412. The number of benzene rings is 2. The van der Waals surface area contributed by atoms with Gasteiger partial charge in [0.05, 0.1) is 0 Å². The quantitative estimate of drug-likeness (QED) is 0.834. The van der Waals surface area contributed by atoms with Gasteiger partial charge in [0.25, 0.3) is 11.8 Å². The molecule has 0 aliphatic heterocycles. The van der Waals surface area contributed by atoms with Crippen molar-refractivity contribution in [2.75, 3.05) is 13.1 Å². The SMILES string of the molecule is Cc1ccc(C(=O)NCCNC(=O)c2ccc(C)c(F)c2)cc1. The van der Waals surface area contributed by atoms with Crippen molar-refractivity contribution in [1.82, 2.24) is 10.6 Å². The van der Waals surface area contributed by atoms with Gasteiger partial charge in [-0.1, -0.05) is 23.8 Å². The van der Waals surface area contributed by atoms with Crippen molar-refractivity contribution >= 4 is 11.8 Å². The summed E-state index contributed by atoms with van der Waals surface area (Å²) in [5.41, 5.74) is 2.41. The van der Waals surface area contributed by atoms with Crippen LogP contribution >= 0.6 is 0 Å². The van der Waals surface area contributed by atoms with E-state index in [0.717, 1.165) is 5.56 Å². The molecule has 0 aliphatic rings. The lowest BCUT2D eigenvalue weighted by atomic mass is 10.1. The summed E-state index contributed by atoms with van der Waals surface area (Å²) in [6.45, 7) is 4.15. The van der Waals surface area contributed by atoms with Crippen LogP contribution in [0.25, 0.3) is 0 Å². The predicted octanol–water partition coefficient (Wildman–Crippen LogP) is 2.60. The van der Waals surface area contributed by atoms with Gasteiger partial charge in [-0.25, -0.2) is 4.39 Å². The second-order valence-corrected chi connectivity index (χ2v) is 5.34. The Hall–Kier alpha value is -2.69. The van der Waals surface area contributed by atoms with Crippen molar-refractivity contribution in [3.8, 4) is 0 Å². The molecule has 0 bridgehead atoms. The third-order valence-electron chi connectivity index (χ3n) is 3.44. The number of hydrogen-bond donors (Lipinski definition) is 2. The maximum atomic E-state index is 13.4. The zero-order valence-corrected chi connectivity index (χ0v) is 13.2. The Bertz CT molecular complexity index is 711. The molecule has 0 aromatic heterocycles. The summed E-state index contributed by atoms with van der Waals surface area (Å²) >= 11 is 0. The third kappa shape index (κ3) is 4.64. The van der Waals surface area contributed by atoms with Crippen molar-refractivity contribution in [2.24, 2.45) is 0 Å². The van der Waals surface area contributed by atoms with Gasteiger partial charge in [-0.05, 0) is 43.7 Å². The summed E-state index contributed by atoms with van der Waals surface area (Å²) in [6.07, 6.45) is 0. The molecule has 4 nitrogen and oxygen atoms in total. The molecular formula is C18H19FN2O2. The van der Waals surface area contributed by atoms with Crippen LogP contribution in [0.3, 0.4) is 0 Å². The molecule has 0 spiro atoms. The highest BCUT2D eigenvalue weighted by atomic mass is 19.1. The van der Waals surface area contributed by atoms with Gasteiger partial charge in [-0.2, -0.15) is 0 Å². The van der Waals surface area contributed by atoms with Crippen LogP contribution in [0.1, 0.15) is 31.8 Å². The van der Waals surface area contributed by atoms with Gasteiger partial charge in [0.1, 0.15) is 5.82 Å². The molecule has 0 saturated carbocycles. The van der Waals surface area contributed by atoms with Gasteiger partial charge >= 0.3 is 0 Å². The molecule has 5 heteroatoms. The normalized spacial score (nSPS) is 10.2. The maximum Gasteiger partial charge on any atom is 0.251 e. The van der Waals surface area contributed by atoms with Crippen molar-refractivity contribution in [2.45, 2.75) is 13.8 Å². The number of carbonyl (C=O) groups is 2. The lowest BCUT2D eigenvalue weighted by Crippen LogP contribution is -2.34. The minimum Gasteiger partial charge on any atom is -0.350 e. The number of hydrogen-bond acceptors (Lipinski definition) is 2. The predicted molar refractivity (Wildman–Crippen MR) is 87.0 cm³/mol. The van der Waals surface area contributed by atoms with Crippen LogP contribution in [0, 0.1) is 19.7 Å². The monoisotopic (exact) mass is 314 g/mol. The van der Waals surface area contributed by atoms with Crippen LogP contribution in [-0.4, -0.2) is 24.9 Å². The fourth-order valence-corrected chi connectivity index (χ4v) is 2.00. The Morgan fingerprint density at radius 1 is 0.870 bits per heavy atom. The summed E-state index contributed by atoms with van der Waals surface area (Å²) in [6, 6.07) is 11.6. The molecule has 0 saturated heterocycles. The van der Waals surface area contributed by atoms with Crippen molar-refractivity contribution < 1.29 is 14.0 Å². The molecule has 0 fully saturated rings. The Labute approximate surface area is 134 Å². The second kappa shape index (κ2) is 7.54. The molecule has 2 rings (SSSR count). The number of nitrogens with one attached hydrogen (secondary N) is 2. The highest BCUT2D eigenvalue weighted by molar-refractivity contribution is 5.95. The lowest BCUT2D eigenvalue weighted by Gasteiger charge is -2.08. The Morgan fingerprint density at radius 2 is 1.39 bits per heavy atom. The van der Waals surface area contributed by atoms with E-state index in [4.69, 9.17) is 0 Å². The molecule has 0 unspecified atom stereocenters. The van der Waals surface area contributed by atoms with Crippen molar-refractivity contribution in [3.05, 3.63) is 70.5 Å². The van der Waals surface area contributed by atoms with Crippen LogP contribution < -0.4 is 10.6 Å². The van der Waals surface area contributed by atoms with Crippen LogP contribution in [0.2, 0.25) is 0 Å². The number of rotatable bonds is 5. The summed E-state index contributed by atoms with van der Waals surface area (Å²) < 4.78 is 13.4. The first-order chi connectivity index (χ1) is 11.0. The van der Waals surface area contributed by atoms with E-state index in [-0.39, 0.29) is 23.9 Å². The van der Waals surface area contributed by atoms with Crippen molar-refractivity contribution in [3.63, 3.8) is 0 Å². The molecule has 0 atom stereocenters. The first-order valence-electron chi connectivity index (χ1n) is 7.36. The first kappa shape index (κ1) is 16.7. The van der Waals surface area contributed by atoms with E-state index in [1.54, 1.807) is 31.2 Å². The molecule has 2 aromatic carbocycles. The average molecular weight is 314 g/mol. The Morgan fingerprint density at radius 3 is 1.96 bits per heavy atom. The molecule has 0 heterocycles. The van der Waals surface area contributed by atoms with Crippen molar-refractivity contribution in [1.29, 1.82) is 0 Å². The molecule has 2 aromatic rings. The summed E-state index contributed by atoms with van der Waals surface area (Å²) in [5, 5.41) is 5.36. The number of aryl methyl sites for hydroxylation is 2. The highest BCUT2D eigenvalue weighted by Gasteiger charge is 2.08. The molecule has 0 aliphatic carbocycles. The Balaban J connectivity index is 1.78. The van der Waals surface area contributed by atoms with Crippen LogP contribution in [0.5, 0.6) is 0 Å². The fourth-order valence-electron chi connectivity index (χ4n) is 2.00. The summed E-state index contributed by atoms with van der Waals surface area (Å²) in [4.78, 5) is 23.7.